The SMILES string of the molecule is O=C(CCc1ccccc1Cl)Nc1nc2c(s1)CCCC2. The molecule has 1 aromatic heterocycles. The molecule has 0 radical (unpaired) electrons. The summed E-state index contributed by atoms with van der Waals surface area (Å²) in [5.74, 6) is 0.000941. The standard InChI is InChI=1S/C16H17ClN2OS/c17-12-6-2-1-5-11(12)9-10-15(20)19-16-18-13-7-3-4-8-14(13)21-16/h1-2,5-6H,3-4,7-10H2,(H,18,19,20). The fourth-order valence-electron chi connectivity index (χ4n) is 2.54. The first-order valence-corrected chi connectivity index (χ1v) is 8.43. The first kappa shape index (κ1) is 14.5. The van der Waals surface area contributed by atoms with E-state index in [1.54, 1.807) is 11.3 Å². The fraction of sp³-hybridized carbons (Fsp3) is 0.375. The Morgan fingerprint density at radius 2 is 2.10 bits per heavy atom. The van der Waals surface area contributed by atoms with Crippen molar-refractivity contribution in [3.05, 3.63) is 45.4 Å². The predicted octanol–water partition coefficient (Wildman–Crippen LogP) is 4.25. The van der Waals surface area contributed by atoms with Crippen LogP contribution in [0.4, 0.5) is 5.13 Å². The zero-order valence-electron chi connectivity index (χ0n) is 11.7. The number of carbonyl (C=O) groups is 1. The molecule has 1 heterocycles. The van der Waals surface area contributed by atoms with E-state index in [2.05, 4.69) is 10.3 Å². The molecule has 1 aromatic carbocycles. The number of anilines is 1. The maximum absolute atomic E-state index is 12.0. The summed E-state index contributed by atoms with van der Waals surface area (Å²) in [7, 11) is 0. The third-order valence-electron chi connectivity index (χ3n) is 3.67. The van der Waals surface area contributed by atoms with Crippen LogP contribution in [0, 0.1) is 0 Å². The number of aromatic nitrogens is 1. The molecule has 0 unspecified atom stereocenters. The van der Waals surface area contributed by atoms with Gasteiger partial charge in [0, 0.05) is 16.3 Å². The van der Waals surface area contributed by atoms with Crippen LogP contribution in [0.1, 0.15) is 35.4 Å². The number of rotatable bonds is 4. The van der Waals surface area contributed by atoms with Crippen LogP contribution in [0.25, 0.3) is 0 Å². The van der Waals surface area contributed by atoms with E-state index < -0.39 is 0 Å². The van der Waals surface area contributed by atoms with E-state index in [0.29, 0.717) is 12.8 Å². The van der Waals surface area contributed by atoms with Crippen molar-refractivity contribution in [1.29, 1.82) is 0 Å². The van der Waals surface area contributed by atoms with Gasteiger partial charge in [-0.3, -0.25) is 4.79 Å². The van der Waals surface area contributed by atoms with Gasteiger partial charge in [-0.1, -0.05) is 29.8 Å². The van der Waals surface area contributed by atoms with Crippen LogP contribution in [0.2, 0.25) is 5.02 Å². The van der Waals surface area contributed by atoms with Gasteiger partial charge in [-0.15, -0.1) is 11.3 Å². The predicted molar refractivity (Wildman–Crippen MR) is 87.2 cm³/mol. The second-order valence-corrected chi connectivity index (χ2v) is 6.73. The Morgan fingerprint density at radius 1 is 1.29 bits per heavy atom. The highest BCUT2D eigenvalue weighted by Gasteiger charge is 2.16. The molecule has 3 rings (SSSR count). The molecule has 21 heavy (non-hydrogen) atoms. The van der Waals surface area contributed by atoms with Gasteiger partial charge in [0.25, 0.3) is 0 Å². The van der Waals surface area contributed by atoms with Crippen molar-refractivity contribution in [2.75, 3.05) is 5.32 Å². The molecule has 5 heteroatoms. The number of fused-ring (bicyclic) bond motifs is 1. The molecule has 110 valence electrons. The number of aryl methyl sites for hydroxylation is 3. The smallest absolute Gasteiger partial charge is 0.226 e. The van der Waals surface area contributed by atoms with Gasteiger partial charge in [0.05, 0.1) is 5.69 Å². The molecule has 0 saturated heterocycles. The third kappa shape index (κ3) is 3.63. The molecule has 1 N–H and O–H groups in total. The van der Waals surface area contributed by atoms with Crippen molar-refractivity contribution < 1.29 is 4.79 Å². The number of hydrogen-bond donors (Lipinski definition) is 1. The summed E-state index contributed by atoms with van der Waals surface area (Å²) in [6, 6.07) is 7.64. The molecule has 3 nitrogen and oxygen atoms in total. The number of benzene rings is 1. The lowest BCUT2D eigenvalue weighted by Gasteiger charge is -2.06. The highest BCUT2D eigenvalue weighted by atomic mass is 35.5. The van der Waals surface area contributed by atoms with Gasteiger partial charge >= 0.3 is 0 Å². The Kier molecular flexibility index (Phi) is 4.56. The maximum atomic E-state index is 12.0. The topological polar surface area (TPSA) is 42.0 Å². The van der Waals surface area contributed by atoms with Crippen LogP contribution in [0.15, 0.2) is 24.3 Å². The number of amides is 1. The molecule has 0 spiro atoms. The molecule has 1 aliphatic rings. The van der Waals surface area contributed by atoms with Gasteiger partial charge in [-0.2, -0.15) is 0 Å². The van der Waals surface area contributed by atoms with Crippen molar-refractivity contribution in [1.82, 2.24) is 4.98 Å². The van der Waals surface area contributed by atoms with E-state index in [0.717, 1.165) is 28.6 Å². The number of hydrogen-bond acceptors (Lipinski definition) is 3. The van der Waals surface area contributed by atoms with Crippen molar-refractivity contribution in [2.24, 2.45) is 0 Å². The van der Waals surface area contributed by atoms with E-state index in [4.69, 9.17) is 11.6 Å². The van der Waals surface area contributed by atoms with Crippen LogP contribution in [-0.4, -0.2) is 10.9 Å². The molecular weight excluding hydrogens is 304 g/mol. The largest absolute Gasteiger partial charge is 0.302 e. The summed E-state index contributed by atoms with van der Waals surface area (Å²) in [6.07, 6.45) is 5.65. The average Bonchev–Trinajstić information content (AvgIpc) is 2.88. The fourth-order valence-corrected chi connectivity index (χ4v) is 3.83. The molecule has 0 bridgehead atoms. The van der Waals surface area contributed by atoms with Gasteiger partial charge in [0.2, 0.25) is 5.91 Å². The Balaban J connectivity index is 1.57. The van der Waals surface area contributed by atoms with Crippen molar-refractivity contribution >= 4 is 34.0 Å². The molecule has 1 aliphatic carbocycles. The first-order chi connectivity index (χ1) is 10.2. The lowest BCUT2D eigenvalue weighted by Crippen LogP contribution is -2.12. The number of nitrogens with one attached hydrogen (secondary N) is 1. The van der Waals surface area contributed by atoms with E-state index in [1.165, 1.54) is 23.4 Å². The first-order valence-electron chi connectivity index (χ1n) is 7.24. The van der Waals surface area contributed by atoms with Gasteiger partial charge in [0.1, 0.15) is 0 Å². The lowest BCUT2D eigenvalue weighted by atomic mass is 10.0. The van der Waals surface area contributed by atoms with Gasteiger partial charge < -0.3 is 5.32 Å². The number of nitrogens with zero attached hydrogens (tertiary/aromatic N) is 1. The average molecular weight is 321 g/mol. The van der Waals surface area contributed by atoms with Crippen molar-refractivity contribution in [3.8, 4) is 0 Å². The van der Waals surface area contributed by atoms with Crippen molar-refractivity contribution in [2.45, 2.75) is 38.5 Å². The van der Waals surface area contributed by atoms with Crippen LogP contribution >= 0.6 is 22.9 Å². The van der Waals surface area contributed by atoms with Crippen LogP contribution in [-0.2, 0) is 24.1 Å². The third-order valence-corrected chi connectivity index (χ3v) is 5.11. The van der Waals surface area contributed by atoms with E-state index in [-0.39, 0.29) is 5.91 Å². The Morgan fingerprint density at radius 3 is 2.90 bits per heavy atom. The monoisotopic (exact) mass is 320 g/mol. The Hall–Kier alpha value is -1.39. The minimum Gasteiger partial charge on any atom is -0.302 e. The summed E-state index contributed by atoms with van der Waals surface area (Å²) < 4.78 is 0. The number of thiazole rings is 1. The Bertz CT molecular complexity index is 630. The number of carbonyl (C=O) groups excluding carboxylic acids is 1. The molecule has 0 atom stereocenters. The van der Waals surface area contributed by atoms with Crippen molar-refractivity contribution in [3.63, 3.8) is 0 Å². The van der Waals surface area contributed by atoms with Crippen LogP contribution in [0.3, 0.4) is 0 Å². The molecule has 0 saturated carbocycles. The molecule has 2 aromatic rings. The highest BCUT2D eigenvalue weighted by molar-refractivity contribution is 7.15. The molecular formula is C16H17ClN2OS. The zero-order valence-corrected chi connectivity index (χ0v) is 13.3. The van der Waals surface area contributed by atoms with Gasteiger partial charge in [0.15, 0.2) is 5.13 Å². The van der Waals surface area contributed by atoms with Gasteiger partial charge in [-0.25, -0.2) is 4.98 Å². The second kappa shape index (κ2) is 6.58. The molecule has 1 amide bonds. The van der Waals surface area contributed by atoms with E-state index in [9.17, 15) is 4.79 Å². The molecule has 0 aliphatic heterocycles. The highest BCUT2D eigenvalue weighted by Crippen LogP contribution is 2.29. The number of halogens is 1. The second-order valence-electron chi connectivity index (χ2n) is 5.24. The normalized spacial score (nSPS) is 13.8. The maximum Gasteiger partial charge on any atom is 0.226 e. The summed E-state index contributed by atoms with van der Waals surface area (Å²) >= 11 is 7.71. The van der Waals surface area contributed by atoms with E-state index >= 15 is 0 Å². The minimum atomic E-state index is 0.000941. The quantitative estimate of drug-likeness (QED) is 0.915. The Labute approximate surface area is 133 Å². The summed E-state index contributed by atoms with van der Waals surface area (Å²) in [4.78, 5) is 17.9. The molecule has 0 fully saturated rings. The zero-order chi connectivity index (χ0) is 14.7. The summed E-state index contributed by atoms with van der Waals surface area (Å²) in [5.41, 5.74) is 2.18. The summed E-state index contributed by atoms with van der Waals surface area (Å²) in [5, 5.41) is 4.37. The van der Waals surface area contributed by atoms with Gasteiger partial charge in [-0.05, 0) is 43.7 Å². The van der Waals surface area contributed by atoms with Crippen LogP contribution in [0.5, 0.6) is 0 Å². The van der Waals surface area contributed by atoms with Crippen LogP contribution < -0.4 is 5.32 Å². The summed E-state index contributed by atoms with van der Waals surface area (Å²) in [6.45, 7) is 0. The van der Waals surface area contributed by atoms with E-state index in [1.807, 2.05) is 24.3 Å². The lowest BCUT2D eigenvalue weighted by molar-refractivity contribution is -0.116. The minimum absolute atomic E-state index is 0.000941.